The van der Waals surface area contributed by atoms with E-state index >= 15 is 0 Å². The zero-order valence-electron chi connectivity index (χ0n) is 12.8. The van der Waals surface area contributed by atoms with Crippen LogP contribution in [0, 0.1) is 0 Å². The molecule has 0 fully saturated rings. The van der Waals surface area contributed by atoms with Crippen molar-refractivity contribution in [2.45, 2.75) is 25.7 Å². The first-order valence-corrected chi connectivity index (χ1v) is 7.90. The third-order valence-corrected chi connectivity index (χ3v) is 3.62. The monoisotopic (exact) mass is 314 g/mol. The minimum atomic E-state index is 0.258. The number of anilines is 1. The number of benzene rings is 2. The molecular formula is C18H22N2OS. The number of hydrogen-bond donors (Lipinski definition) is 2. The van der Waals surface area contributed by atoms with Gasteiger partial charge in [-0.05, 0) is 48.7 Å². The molecule has 22 heavy (non-hydrogen) atoms. The maximum absolute atomic E-state index is 5.79. The summed E-state index contributed by atoms with van der Waals surface area (Å²) < 4.78 is 5.79. The van der Waals surface area contributed by atoms with Crippen molar-refractivity contribution < 1.29 is 4.74 Å². The summed E-state index contributed by atoms with van der Waals surface area (Å²) in [6, 6.07) is 18.2. The lowest BCUT2D eigenvalue weighted by atomic mass is 9.97. The van der Waals surface area contributed by atoms with Crippen LogP contribution >= 0.6 is 12.2 Å². The first-order chi connectivity index (χ1) is 10.6. The molecule has 0 amide bonds. The van der Waals surface area contributed by atoms with E-state index < -0.39 is 0 Å². The van der Waals surface area contributed by atoms with Gasteiger partial charge in [0.2, 0.25) is 0 Å². The highest BCUT2D eigenvalue weighted by Gasteiger charge is 2.04. The van der Waals surface area contributed by atoms with Gasteiger partial charge >= 0.3 is 0 Å². The fourth-order valence-corrected chi connectivity index (χ4v) is 2.45. The normalized spacial score (nSPS) is 11.7. The number of ether oxygens (including phenoxy) is 1. The van der Waals surface area contributed by atoms with Crippen LogP contribution in [0.25, 0.3) is 0 Å². The van der Waals surface area contributed by atoms with Gasteiger partial charge in [-0.15, -0.1) is 0 Å². The van der Waals surface area contributed by atoms with Gasteiger partial charge in [-0.1, -0.05) is 43.3 Å². The van der Waals surface area contributed by atoms with E-state index in [9.17, 15) is 0 Å². The molecule has 0 saturated heterocycles. The second-order valence-corrected chi connectivity index (χ2v) is 5.76. The predicted molar refractivity (Wildman–Crippen MR) is 96.4 cm³/mol. The molecule has 0 spiro atoms. The Bertz CT molecular complexity index is 601. The van der Waals surface area contributed by atoms with E-state index in [1.807, 2.05) is 30.3 Å². The van der Waals surface area contributed by atoms with Crippen molar-refractivity contribution in [2.75, 3.05) is 11.9 Å². The van der Waals surface area contributed by atoms with Crippen molar-refractivity contribution in [1.29, 1.82) is 0 Å². The molecule has 2 aromatic rings. The van der Waals surface area contributed by atoms with Crippen LogP contribution in [0.15, 0.2) is 54.6 Å². The van der Waals surface area contributed by atoms with Gasteiger partial charge in [0.05, 0.1) is 6.61 Å². The molecule has 0 aliphatic heterocycles. The van der Waals surface area contributed by atoms with Gasteiger partial charge in [-0.25, -0.2) is 0 Å². The predicted octanol–water partition coefficient (Wildman–Crippen LogP) is 4.30. The highest BCUT2D eigenvalue weighted by molar-refractivity contribution is 7.80. The molecule has 2 aromatic carbocycles. The quantitative estimate of drug-likeness (QED) is 0.591. The molecule has 1 atom stereocenters. The Hall–Kier alpha value is -2.07. The zero-order chi connectivity index (χ0) is 15.8. The Morgan fingerprint density at radius 2 is 1.95 bits per heavy atom. The van der Waals surface area contributed by atoms with Crippen LogP contribution in [0.4, 0.5) is 5.69 Å². The van der Waals surface area contributed by atoms with Crippen LogP contribution in [0.1, 0.15) is 31.2 Å². The molecule has 0 aromatic heterocycles. The smallest absolute Gasteiger partial charge is 0.168 e. The lowest BCUT2D eigenvalue weighted by Crippen LogP contribution is -2.18. The van der Waals surface area contributed by atoms with E-state index in [0.717, 1.165) is 24.3 Å². The summed E-state index contributed by atoms with van der Waals surface area (Å²) >= 11 is 4.83. The van der Waals surface area contributed by atoms with E-state index in [-0.39, 0.29) is 5.11 Å². The minimum Gasteiger partial charge on any atom is -0.494 e. The average Bonchev–Trinajstić information content (AvgIpc) is 2.52. The van der Waals surface area contributed by atoms with Crippen LogP contribution in [-0.2, 0) is 0 Å². The molecule has 0 aliphatic rings. The van der Waals surface area contributed by atoms with Gasteiger partial charge < -0.3 is 15.8 Å². The summed E-state index contributed by atoms with van der Waals surface area (Å²) in [5.41, 5.74) is 7.69. The van der Waals surface area contributed by atoms with Crippen LogP contribution in [0.2, 0.25) is 0 Å². The highest BCUT2D eigenvalue weighted by Crippen LogP contribution is 2.21. The molecule has 3 N–H and O–H groups in total. The Labute approximate surface area is 137 Å². The second-order valence-electron chi connectivity index (χ2n) is 5.32. The van der Waals surface area contributed by atoms with Gasteiger partial charge in [-0.3, -0.25) is 0 Å². The first-order valence-electron chi connectivity index (χ1n) is 7.49. The molecule has 0 radical (unpaired) electrons. The summed E-state index contributed by atoms with van der Waals surface area (Å²) in [4.78, 5) is 0. The lowest BCUT2D eigenvalue weighted by molar-refractivity contribution is 0.303. The highest BCUT2D eigenvalue weighted by atomic mass is 32.1. The fourth-order valence-electron chi connectivity index (χ4n) is 2.33. The third kappa shape index (κ3) is 5.37. The first kappa shape index (κ1) is 16.3. The van der Waals surface area contributed by atoms with Crippen molar-refractivity contribution in [3.05, 3.63) is 60.2 Å². The van der Waals surface area contributed by atoms with Gasteiger partial charge in [0, 0.05) is 11.8 Å². The van der Waals surface area contributed by atoms with Crippen LogP contribution in [0.5, 0.6) is 5.75 Å². The summed E-state index contributed by atoms with van der Waals surface area (Å²) in [6.45, 7) is 2.95. The van der Waals surface area contributed by atoms with E-state index in [1.165, 1.54) is 5.56 Å². The molecule has 0 bridgehead atoms. The van der Waals surface area contributed by atoms with Crippen molar-refractivity contribution in [1.82, 2.24) is 0 Å². The van der Waals surface area contributed by atoms with Crippen LogP contribution < -0.4 is 15.8 Å². The molecule has 0 saturated carbocycles. The zero-order valence-corrected chi connectivity index (χ0v) is 13.6. The van der Waals surface area contributed by atoms with Gasteiger partial charge in [0.25, 0.3) is 0 Å². The molecule has 116 valence electrons. The third-order valence-electron chi connectivity index (χ3n) is 3.52. The molecule has 4 heteroatoms. The Morgan fingerprint density at radius 3 is 2.68 bits per heavy atom. The van der Waals surface area contributed by atoms with Crippen molar-refractivity contribution in [2.24, 2.45) is 5.73 Å². The van der Waals surface area contributed by atoms with Crippen molar-refractivity contribution in [3.63, 3.8) is 0 Å². The molecule has 1 unspecified atom stereocenters. The molecule has 0 aliphatic carbocycles. The number of nitrogens with one attached hydrogen (secondary N) is 1. The Balaban J connectivity index is 1.76. The van der Waals surface area contributed by atoms with Gasteiger partial charge in [-0.2, -0.15) is 0 Å². The Kier molecular flexibility index (Phi) is 6.22. The lowest BCUT2D eigenvalue weighted by Gasteiger charge is -2.13. The molecule has 3 nitrogen and oxygen atoms in total. The minimum absolute atomic E-state index is 0.258. The van der Waals surface area contributed by atoms with E-state index in [0.29, 0.717) is 12.5 Å². The Morgan fingerprint density at radius 1 is 1.18 bits per heavy atom. The molecule has 2 rings (SSSR count). The molecule has 0 heterocycles. The van der Waals surface area contributed by atoms with Crippen LogP contribution in [0.3, 0.4) is 0 Å². The number of nitrogens with two attached hydrogens (primary N) is 1. The van der Waals surface area contributed by atoms with Gasteiger partial charge in [0.1, 0.15) is 5.75 Å². The van der Waals surface area contributed by atoms with E-state index in [2.05, 4.69) is 36.5 Å². The summed E-state index contributed by atoms with van der Waals surface area (Å²) in [7, 11) is 0. The van der Waals surface area contributed by atoms with Gasteiger partial charge in [0.15, 0.2) is 5.11 Å². The topological polar surface area (TPSA) is 47.3 Å². The largest absolute Gasteiger partial charge is 0.494 e. The maximum atomic E-state index is 5.79. The molecular weight excluding hydrogens is 292 g/mol. The SMILES string of the molecule is CC(CCCOc1cccc(NC(N)=S)c1)c1ccccc1. The van der Waals surface area contributed by atoms with Crippen molar-refractivity contribution >= 4 is 23.0 Å². The second kappa shape index (κ2) is 8.39. The summed E-state index contributed by atoms with van der Waals surface area (Å²) in [6.07, 6.45) is 2.12. The van der Waals surface area contributed by atoms with E-state index in [1.54, 1.807) is 0 Å². The standard InChI is InChI=1S/C18H22N2OS/c1-14(15-8-3-2-4-9-15)7-6-12-21-17-11-5-10-16(13-17)20-18(19)22/h2-5,8-11,13-14H,6-7,12H2,1H3,(H3,19,20,22). The fraction of sp³-hybridized carbons (Fsp3) is 0.278. The van der Waals surface area contributed by atoms with E-state index in [4.69, 9.17) is 22.7 Å². The summed E-state index contributed by atoms with van der Waals surface area (Å²) in [5, 5.41) is 3.16. The van der Waals surface area contributed by atoms with Crippen molar-refractivity contribution in [3.8, 4) is 5.75 Å². The van der Waals surface area contributed by atoms with Crippen LogP contribution in [-0.4, -0.2) is 11.7 Å². The average molecular weight is 314 g/mol. The number of hydrogen-bond acceptors (Lipinski definition) is 2. The number of thiocarbonyl (C=S) groups is 1. The number of rotatable bonds is 7. The summed E-state index contributed by atoms with van der Waals surface area (Å²) in [5.74, 6) is 1.38. The maximum Gasteiger partial charge on any atom is 0.168 e.